The predicted molar refractivity (Wildman–Crippen MR) is 112 cm³/mol. The SMILES string of the molecule is COc1c(Br)cc(Cl)cc1CCNc1ncnc2c1ncn2C1CCCCO1. The van der Waals surface area contributed by atoms with Crippen molar-refractivity contribution in [3.05, 3.63) is 39.8 Å². The van der Waals surface area contributed by atoms with Gasteiger partial charge in [-0.05, 0) is 59.3 Å². The van der Waals surface area contributed by atoms with E-state index in [4.69, 9.17) is 21.1 Å². The van der Waals surface area contributed by atoms with Crippen molar-refractivity contribution in [2.75, 3.05) is 25.6 Å². The van der Waals surface area contributed by atoms with Gasteiger partial charge in [0.15, 0.2) is 17.0 Å². The largest absolute Gasteiger partial charge is 0.495 e. The molecule has 1 aliphatic rings. The van der Waals surface area contributed by atoms with E-state index in [1.807, 2.05) is 16.7 Å². The molecule has 1 aromatic carbocycles. The first-order valence-corrected chi connectivity index (χ1v) is 10.4. The summed E-state index contributed by atoms with van der Waals surface area (Å²) in [5.74, 6) is 1.50. The molecule has 1 atom stereocenters. The molecule has 7 nitrogen and oxygen atoms in total. The Bertz CT molecular complexity index is 974. The monoisotopic (exact) mass is 465 g/mol. The fourth-order valence-electron chi connectivity index (χ4n) is 3.48. The summed E-state index contributed by atoms with van der Waals surface area (Å²) < 4.78 is 14.2. The third-order valence-corrected chi connectivity index (χ3v) is 5.61. The van der Waals surface area contributed by atoms with E-state index in [0.29, 0.717) is 17.4 Å². The molecule has 9 heteroatoms. The third kappa shape index (κ3) is 3.94. The van der Waals surface area contributed by atoms with Crippen molar-refractivity contribution in [1.82, 2.24) is 19.5 Å². The van der Waals surface area contributed by atoms with E-state index in [1.165, 1.54) is 0 Å². The highest BCUT2D eigenvalue weighted by Crippen LogP contribution is 2.33. The highest BCUT2D eigenvalue weighted by Gasteiger charge is 2.20. The molecule has 1 aliphatic heterocycles. The fraction of sp³-hybridized carbons (Fsp3) is 0.421. The number of aromatic nitrogens is 4. The van der Waals surface area contributed by atoms with Crippen LogP contribution < -0.4 is 10.1 Å². The number of imidazole rings is 1. The lowest BCUT2D eigenvalue weighted by molar-refractivity contribution is -0.0298. The van der Waals surface area contributed by atoms with E-state index in [2.05, 4.69) is 36.2 Å². The van der Waals surface area contributed by atoms with E-state index in [0.717, 1.165) is 59.2 Å². The number of hydrogen-bond acceptors (Lipinski definition) is 6. The van der Waals surface area contributed by atoms with E-state index < -0.39 is 0 Å². The van der Waals surface area contributed by atoms with Crippen molar-refractivity contribution in [2.45, 2.75) is 31.9 Å². The summed E-state index contributed by atoms with van der Waals surface area (Å²) in [5.41, 5.74) is 2.55. The fourth-order valence-corrected chi connectivity index (χ4v) is 4.51. The zero-order valence-electron chi connectivity index (χ0n) is 15.5. The van der Waals surface area contributed by atoms with Crippen molar-refractivity contribution in [3.8, 4) is 5.75 Å². The van der Waals surface area contributed by atoms with Gasteiger partial charge in [-0.1, -0.05) is 11.6 Å². The number of anilines is 1. The van der Waals surface area contributed by atoms with Gasteiger partial charge in [-0.2, -0.15) is 0 Å². The molecule has 0 saturated carbocycles. The van der Waals surface area contributed by atoms with Gasteiger partial charge in [-0.15, -0.1) is 0 Å². The lowest BCUT2D eigenvalue weighted by Crippen LogP contribution is -2.17. The summed E-state index contributed by atoms with van der Waals surface area (Å²) in [7, 11) is 1.65. The minimum atomic E-state index is -0.00503. The standard InChI is InChI=1S/C19H21BrClN5O2/c1-27-17-12(8-13(21)9-14(17)20)5-6-22-18-16-19(24-10-23-18)26(11-25-16)15-4-2-3-7-28-15/h8-11,15H,2-7H2,1H3,(H,22,23,24). The lowest BCUT2D eigenvalue weighted by Gasteiger charge is -2.23. The van der Waals surface area contributed by atoms with Gasteiger partial charge >= 0.3 is 0 Å². The molecule has 2 aromatic heterocycles. The minimum absolute atomic E-state index is 0.00503. The van der Waals surface area contributed by atoms with Gasteiger partial charge in [0.25, 0.3) is 0 Å². The Morgan fingerprint density at radius 1 is 1.32 bits per heavy atom. The number of nitrogens with one attached hydrogen (secondary N) is 1. The molecule has 0 aliphatic carbocycles. The molecule has 0 amide bonds. The summed E-state index contributed by atoms with van der Waals surface area (Å²) in [5, 5.41) is 4.03. The average molecular weight is 467 g/mol. The second-order valence-corrected chi connectivity index (χ2v) is 7.92. The number of ether oxygens (including phenoxy) is 2. The first kappa shape index (κ1) is 19.4. The maximum Gasteiger partial charge on any atom is 0.167 e. The smallest absolute Gasteiger partial charge is 0.167 e. The maximum atomic E-state index is 6.18. The van der Waals surface area contributed by atoms with Crippen LogP contribution >= 0.6 is 27.5 Å². The highest BCUT2D eigenvalue weighted by atomic mass is 79.9. The van der Waals surface area contributed by atoms with Crippen LogP contribution in [0.15, 0.2) is 29.3 Å². The summed E-state index contributed by atoms with van der Waals surface area (Å²) in [6.07, 6.45) is 7.29. The summed E-state index contributed by atoms with van der Waals surface area (Å²) in [4.78, 5) is 13.3. The Morgan fingerprint density at radius 3 is 3.00 bits per heavy atom. The highest BCUT2D eigenvalue weighted by molar-refractivity contribution is 9.10. The Hall–Kier alpha value is -1.90. The van der Waals surface area contributed by atoms with E-state index in [-0.39, 0.29) is 6.23 Å². The van der Waals surface area contributed by atoms with Crippen LogP contribution in [0.25, 0.3) is 11.2 Å². The Labute approximate surface area is 176 Å². The summed E-state index contributed by atoms with van der Waals surface area (Å²) >= 11 is 9.67. The first-order valence-electron chi connectivity index (χ1n) is 9.22. The van der Waals surface area contributed by atoms with Crippen LogP contribution in [0.5, 0.6) is 5.75 Å². The van der Waals surface area contributed by atoms with Crippen molar-refractivity contribution in [3.63, 3.8) is 0 Å². The normalized spacial score (nSPS) is 17.0. The first-order chi connectivity index (χ1) is 13.7. The number of methoxy groups -OCH3 is 1. The van der Waals surface area contributed by atoms with Gasteiger partial charge < -0.3 is 14.8 Å². The average Bonchev–Trinajstić information content (AvgIpc) is 3.13. The molecule has 1 saturated heterocycles. The van der Waals surface area contributed by atoms with Crippen LogP contribution in [-0.2, 0) is 11.2 Å². The van der Waals surface area contributed by atoms with Gasteiger partial charge in [-0.25, -0.2) is 15.0 Å². The maximum absolute atomic E-state index is 6.18. The van der Waals surface area contributed by atoms with Crippen molar-refractivity contribution < 1.29 is 9.47 Å². The topological polar surface area (TPSA) is 74.1 Å². The molecule has 4 rings (SSSR count). The number of nitrogens with zero attached hydrogens (tertiary/aromatic N) is 4. The van der Waals surface area contributed by atoms with E-state index in [1.54, 1.807) is 19.8 Å². The van der Waals surface area contributed by atoms with E-state index >= 15 is 0 Å². The van der Waals surface area contributed by atoms with E-state index in [9.17, 15) is 0 Å². The van der Waals surface area contributed by atoms with Gasteiger partial charge in [0.1, 0.15) is 18.3 Å². The van der Waals surface area contributed by atoms with Crippen LogP contribution in [0, 0.1) is 0 Å². The lowest BCUT2D eigenvalue weighted by atomic mass is 10.1. The second kappa shape index (κ2) is 8.63. The Balaban J connectivity index is 1.51. The zero-order chi connectivity index (χ0) is 19.5. The molecule has 1 N–H and O–H groups in total. The summed E-state index contributed by atoms with van der Waals surface area (Å²) in [6, 6.07) is 3.74. The molecule has 28 heavy (non-hydrogen) atoms. The third-order valence-electron chi connectivity index (χ3n) is 4.80. The van der Waals surface area contributed by atoms with Gasteiger partial charge in [0.2, 0.25) is 0 Å². The Morgan fingerprint density at radius 2 is 2.21 bits per heavy atom. The molecular weight excluding hydrogens is 446 g/mol. The minimum Gasteiger partial charge on any atom is -0.495 e. The molecule has 0 spiro atoms. The second-order valence-electron chi connectivity index (χ2n) is 6.62. The number of halogens is 2. The number of rotatable bonds is 6. The van der Waals surface area contributed by atoms with Crippen LogP contribution in [0.4, 0.5) is 5.82 Å². The molecule has 3 aromatic rings. The molecule has 148 valence electrons. The predicted octanol–water partition coefficient (Wildman–Crippen LogP) is 4.60. The van der Waals surface area contributed by atoms with Crippen LogP contribution in [0.3, 0.4) is 0 Å². The summed E-state index contributed by atoms with van der Waals surface area (Å²) in [6.45, 7) is 1.43. The van der Waals surface area contributed by atoms with Crippen LogP contribution in [0.1, 0.15) is 31.1 Å². The van der Waals surface area contributed by atoms with Gasteiger partial charge in [0, 0.05) is 18.2 Å². The Kier molecular flexibility index (Phi) is 5.99. The molecule has 3 heterocycles. The zero-order valence-corrected chi connectivity index (χ0v) is 17.8. The molecular formula is C19H21BrClN5O2. The van der Waals surface area contributed by atoms with Crippen molar-refractivity contribution in [2.24, 2.45) is 0 Å². The number of benzene rings is 1. The molecule has 0 radical (unpaired) electrons. The van der Waals surface area contributed by atoms with Gasteiger partial charge in [0.05, 0.1) is 17.9 Å². The molecule has 1 unspecified atom stereocenters. The van der Waals surface area contributed by atoms with Crippen LogP contribution in [-0.4, -0.2) is 39.8 Å². The molecule has 0 bridgehead atoms. The van der Waals surface area contributed by atoms with Gasteiger partial charge in [-0.3, -0.25) is 4.57 Å². The van der Waals surface area contributed by atoms with Crippen molar-refractivity contribution in [1.29, 1.82) is 0 Å². The quantitative estimate of drug-likeness (QED) is 0.572. The van der Waals surface area contributed by atoms with Crippen LogP contribution in [0.2, 0.25) is 5.02 Å². The molecule has 1 fully saturated rings. The number of hydrogen-bond donors (Lipinski definition) is 1. The number of fused-ring (bicyclic) bond motifs is 1. The van der Waals surface area contributed by atoms with Crippen molar-refractivity contribution >= 4 is 44.5 Å².